The van der Waals surface area contributed by atoms with Gasteiger partial charge in [0.05, 0.1) is 10.1 Å². The van der Waals surface area contributed by atoms with Gasteiger partial charge in [-0.05, 0) is 46.8 Å². The Hall–Kier alpha value is -0.100. The van der Waals surface area contributed by atoms with Crippen molar-refractivity contribution in [3.8, 4) is 0 Å². The van der Waals surface area contributed by atoms with Crippen molar-refractivity contribution >= 4 is 27.7 Å². The first-order valence-corrected chi connectivity index (χ1v) is 7.49. The van der Waals surface area contributed by atoms with Crippen molar-refractivity contribution in [2.75, 3.05) is 18.6 Å². The van der Waals surface area contributed by atoms with Crippen LogP contribution in [0.15, 0.2) is 22.7 Å². The Morgan fingerprint density at radius 1 is 1.53 bits per heavy atom. The van der Waals surface area contributed by atoms with Crippen molar-refractivity contribution in [2.24, 2.45) is 0 Å². The van der Waals surface area contributed by atoms with Crippen molar-refractivity contribution in [3.63, 3.8) is 0 Å². The van der Waals surface area contributed by atoms with Crippen LogP contribution in [0.2, 0.25) is 0 Å². The zero-order chi connectivity index (χ0) is 12.9. The second-order valence-corrected chi connectivity index (χ2v) is 6.00. The van der Waals surface area contributed by atoms with Crippen molar-refractivity contribution in [3.05, 3.63) is 34.1 Å². The first-order chi connectivity index (χ1) is 7.94. The Labute approximate surface area is 114 Å². The van der Waals surface area contributed by atoms with Gasteiger partial charge in [-0.25, -0.2) is 4.39 Å². The molecule has 0 fully saturated rings. The van der Waals surface area contributed by atoms with E-state index in [2.05, 4.69) is 21.2 Å². The zero-order valence-electron chi connectivity index (χ0n) is 9.96. The molecule has 0 heterocycles. The molecule has 0 bridgehead atoms. The maximum atomic E-state index is 13.2. The number of rotatable bonds is 6. The number of hydrogen-bond acceptors (Lipinski definition) is 3. The highest BCUT2D eigenvalue weighted by Crippen LogP contribution is 2.16. The van der Waals surface area contributed by atoms with Crippen LogP contribution in [0.4, 0.5) is 4.39 Å². The normalized spacial score (nSPS) is 14.6. The number of halogens is 2. The maximum Gasteiger partial charge on any atom is 0.137 e. The van der Waals surface area contributed by atoms with E-state index in [9.17, 15) is 9.50 Å². The Morgan fingerprint density at radius 3 is 2.82 bits per heavy atom. The standard InChI is InChI=1S/C12H17BrFNOS/c1-12(16,8-17-2)7-15-6-9-3-4-10(13)11(14)5-9/h3-5,15-16H,6-8H2,1-2H3. The largest absolute Gasteiger partial charge is 0.388 e. The second-order valence-electron chi connectivity index (χ2n) is 4.28. The molecule has 0 aliphatic rings. The van der Waals surface area contributed by atoms with E-state index in [1.54, 1.807) is 24.8 Å². The Balaban J connectivity index is 2.43. The van der Waals surface area contributed by atoms with Gasteiger partial charge < -0.3 is 10.4 Å². The summed E-state index contributed by atoms with van der Waals surface area (Å²) in [5.74, 6) is 0.412. The van der Waals surface area contributed by atoms with Crippen molar-refractivity contribution in [2.45, 2.75) is 19.1 Å². The first kappa shape index (κ1) is 15.0. The minimum Gasteiger partial charge on any atom is -0.388 e. The molecule has 0 saturated heterocycles. The molecule has 0 amide bonds. The molecule has 1 atom stereocenters. The Morgan fingerprint density at radius 2 is 2.24 bits per heavy atom. The molecule has 17 heavy (non-hydrogen) atoms. The predicted molar refractivity (Wildman–Crippen MR) is 74.8 cm³/mol. The summed E-state index contributed by atoms with van der Waals surface area (Å²) in [4.78, 5) is 0. The summed E-state index contributed by atoms with van der Waals surface area (Å²) in [6, 6.07) is 5.02. The third-order valence-corrected chi connectivity index (χ3v) is 3.83. The highest BCUT2D eigenvalue weighted by atomic mass is 79.9. The van der Waals surface area contributed by atoms with Gasteiger partial charge in [-0.1, -0.05) is 6.07 Å². The van der Waals surface area contributed by atoms with E-state index in [0.717, 1.165) is 5.56 Å². The topological polar surface area (TPSA) is 32.3 Å². The third kappa shape index (κ3) is 5.38. The van der Waals surface area contributed by atoms with Crippen LogP contribution in [0.3, 0.4) is 0 Å². The van der Waals surface area contributed by atoms with E-state index >= 15 is 0 Å². The molecule has 0 aliphatic heterocycles. The van der Waals surface area contributed by atoms with Crippen LogP contribution in [-0.4, -0.2) is 29.3 Å². The highest BCUT2D eigenvalue weighted by molar-refractivity contribution is 9.10. The quantitative estimate of drug-likeness (QED) is 0.845. The van der Waals surface area contributed by atoms with Crippen molar-refractivity contribution in [1.29, 1.82) is 0 Å². The van der Waals surface area contributed by atoms with Crippen LogP contribution < -0.4 is 5.32 Å². The summed E-state index contributed by atoms with van der Waals surface area (Å²) in [5, 5.41) is 13.1. The minimum atomic E-state index is -0.729. The van der Waals surface area contributed by atoms with E-state index in [0.29, 0.717) is 23.3 Å². The number of hydrogen-bond donors (Lipinski definition) is 2. The average molecular weight is 322 g/mol. The number of nitrogens with one attached hydrogen (secondary N) is 1. The SMILES string of the molecule is CSCC(C)(O)CNCc1ccc(Br)c(F)c1. The minimum absolute atomic E-state index is 0.264. The lowest BCUT2D eigenvalue weighted by molar-refractivity contribution is 0.0846. The van der Waals surface area contributed by atoms with Gasteiger partial charge in [-0.2, -0.15) is 11.8 Å². The van der Waals surface area contributed by atoms with Gasteiger partial charge in [0, 0.05) is 18.8 Å². The lowest BCUT2D eigenvalue weighted by Gasteiger charge is -2.22. The van der Waals surface area contributed by atoms with Crippen LogP contribution in [-0.2, 0) is 6.54 Å². The van der Waals surface area contributed by atoms with E-state index < -0.39 is 5.60 Å². The molecule has 0 saturated carbocycles. The number of benzene rings is 1. The van der Waals surface area contributed by atoms with E-state index in [1.165, 1.54) is 6.07 Å². The molecule has 5 heteroatoms. The number of thioether (sulfide) groups is 1. The van der Waals surface area contributed by atoms with Crippen LogP contribution in [0, 0.1) is 5.82 Å². The van der Waals surface area contributed by atoms with Gasteiger partial charge >= 0.3 is 0 Å². The van der Waals surface area contributed by atoms with Gasteiger partial charge in [-0.3, -0.25) is 0 Å². The summed E-state index contributed by atoms with van der Waals surface area (Å²) in [6.07, 6.45) is 1.96. The molecule has 0 radical (unpaired) electrons. The Kier molecular flexibility index (Phi) is 5.92. The van der Waals surface area contributed by atoms with Crippen LogP contribution in [0.1, 0.15) is 12.5 Å². The molecule has 0 aromatic heterocycles. The molecule has 1 unspecified atom stereocenters. The second kappa shape index (κ2) is 6.73. The summed E-state index contributed by atoms with van der Waals surface area (Å²) in [6.45, 7) is 2.83. The highest BCUT2D eigenvalue weighted by Gasteiger charge is 2.18. The summed E-state index contributed by atoms with van der Waals surface area (Å²) < 4.78 is 13.7. The summed E-state index contributed by atoms with van der Waals surface area (Å²) >= 11 is 4.71. The molecule has 1 aromatic carbocycles. The van der Waals surface area contributed by atoms with E-state index in [1.807, 2.05) is 12.3 Å². The molecule has 0 aliphatic carbocycles. The van der Waals surface area contributed by atoms with Gasteiger partial charge in [0.2, 0.25) is 0 Å². The first-order valence-electron chi connectivity index (χ1n) is 5.30. The molecule has 2 N–H and O–H groups in total. The lowest BCUT2D eigenvalue weighted by atomic mass is 10.1. The zero-order valence-corrected chi connectivity index (χ0v) is 12.4. The molecule has 1 rings (SSSR count). The van der Waals surface area contributed by atoms with Crippen LogP contribution >= 0.6 is 27.7 Å². The Bertz CT molecular complexity index is 374. The fourth-order valence-electron chi connectivity index (χ4n) is 1.49. The summed E-state index contributed by atoms with van der Waals surface area (Å²) in [5.41, 5.74) is 0.137. The average Bonchev–Trinajstić information content (AvgIpc) is 2.23. The van der Waals surface area contributed by atoms with E-state index in [4.69, 9.17) is 0 Å². The molecule has 2 nitrogen and oxygen atoms in total. The van der Waals surface area contributed by atoms with E-state index in [-0.39, 0.29) is 5.82 Å². The molecular weight excluding hydrogens is 305 g/mol. The third-order valence-electron chi connectivity index (χ3n) is 2.27. The fourth-order valence-corrected chi connectivity index (χ4v) is 2.46. The molecular formula is C12H17BrFNOS. The van der Waals surface area contributed by atoms with Gasteiger partial charge in [0.1, 0.15) is 5.82 Å². The fraction of sp³-hybridized carbons (Fsp3) is 0.500. The van der Waals surface area contributed by atoms with Crippen molar-refractivity contribution in [1.82, 2.24) is 5.32 Å². The maximum absolute atomic E-state index is 13.2. The summed E-state index contributed by atoms with van der Waals surface area (Å²) in [7, 11) is 0. The van der Waals surface area contributed by atoms with Gasteiger partial charge in [0.25, 0.3) is 0 Å². The van der Waals surface area contributed by atoms with Crippen molar-refractivity contribution < 1.29 is 9.50 Å². The smallest absolute Gasteiger partial charge is 0.137 e. The molecule has 1 aromatic rings. The van der Waals surface area contributed by atoms with Gasteiger partial charge in [0.15, 0.2) is 0 Å². The van der Waals surface area contributed by atoms with Crippen LogP contribution in [0.25, 0.3) is 0 Å². The predicted octanol–water partition coefficient (Wildman–Crippen LogP) is 2.79. The molecule has 96 valence electrons. The lowest BCUT2D eigenvalue weighted by Crippen LogP contribution is -2.39. The monoisotopic (exact) mass is 321 g/mol. The molecule has 0 spiro atoms. The number of aliphatic hydroxyl groups is 1. The van der Waals surface area contributed by atoms with Gasteiger partial charge in [-0.15, -0.1) is 0 Å². The van der Waals surface area contributed by atoms with Crippen LogP contribution in [0.5, 0.6) is 0 Å².